The zero-order chi connectivity index (χ0) is 15.5. The van der Waals surface area contributed by atoms with Crippen LogP contribution in [0, 0.1) is 17.8 Å². The number of rotatable bonds is 8. The summed E-state index contributed by atoms with van der Waals surface area (Å²) in [4.78, 5) is 0. The average molecular weight is 317 g/mol. The van der Waals surface area contributed by atoms with Gasteiger partial charge in [-0.3, -0.25) is 0 Å². The number of piperidine rings is 1. The zero-order valence-corrected chi connectivity index (χ0v) is 14.5. The highest BCUT2D eigenvalue weighted by Gasteiger charge is 2.38. The van der Waals surface area contributed by atoms with Crippen molar-refractivity contribution < 1.29 is 8.42 Å². The lowest BCUT2D eigenvalue weighted by molar-refractivity contribution is 0.253. The summed E-state index contributed by atoms with van der Waals surface area (Å²) in [6.45, 7) is 8.47. The second kappa shape index (κ2) is 7.40. The van der Waals surface area contributed by atoms with Crippen LogP contribution in [0.2, 0.25) is 0 Å². The van der Waals surface area contributed by atoms with Crippen LogP contribution >= 0.6 is 0 Å². The van der Waals surface area contributed by atoms with Gasteiger partial charge in [-0.25, -0.2) is 0 Å². The summed E-state index contributed by atoms with van der Waals surface area (Å²) in [5.74, 6) is 1.88. The van der Waals surface area contributed by atoms with Crippen molar-refractivity contribution >= 4 is 10.2 Å². The van der Waals surface area contributed by atoms with Crippen molar-refractivity contribution in [3.8, 4) is 0 Å². The van der Waals surface area contributed by atoms with Crippen molar-refractivity contribution in [2.45, 2.75) is 39.5 Å². The molecule has 0 bridgehead atoms. The quantitative estimate of drug-likeness (QED) is 0.691. The second-order valence-corrected chi connectivity index (χ2v) is 8.84. The lowest BCUT2D eigenvalue weighted by Gasteiger charge is -2.34. The molecular weight excluding hydrogens is 286 g/mol. The van der Waals surface area contributed by atoms with Gasteiger partial charge in [0.1, 0.15) is 0 Å². The van der Waals surface area contributed by atoms with Gasteiger partial charge in [0.15, 0.2) is 0 Å². The Bertz CT molecular complexity index is 419. The van der Waals surface area contributed by atoms with Gasteiger partial charge in [0.25, 0.3) is 10.2 Å². The largest absolute Gasteiger partial charge is 0.316 e. The first-order chi connectivity index (χ1) is 9.95. The van der Waals surface area contributed by atoms with E-state index >= 15 is 0 Å². The van der Waals surface area contributed by atoms with Crippen LogP contribution in [0.15, 0.2) is 0 Å². The number of nitrogens with one attached hydrogen (secondary N) is 1. The van der Waals surface area contributed by atoms with Crippen molar-refractivity contribution in [1.82, 2.24) is 13.9 Å². The van der Waals surface area contributed by atoms with Crippen LogP contribution in [-0.2, 0) is 10.2 Å². The summed E-state index contributed by atoms with van der Waals surface area (Å²) >= 11 is 0. The highest BCUT2D eigenvalue weighted by atomic mass is 32.2. The Labute approximate surface area is 130 Å². The van der Waals surface area contributed by atoms with E-state index in [0.717, 1.165) is 32.4 Å². The standard InChI is InChI=1S/C15H31N3O2S/c1-4-7-16-11-14-5-8-18(9-6-14)21(19,20)17(3)12-15-10-13(15)2/h13-16H,4-12H2,1-3H3. The summed E-state index contributed by atoms with van der Waals surface area (Å²) in [6, 6.07) is 0. The third-order valence-corrected chi connectivity index (χ3v) is 6.88. The first-order valence-electron chi connectivity index (χ1n) is 8.37. The maximum Gasteiger partial charge on any atom is 0.281 e. The molecule has 1 saturated carbocycles. The van der Waals surface area contributed by atoms with E-state index < -0.39 is 10.2 Å². The predicted molar refractivity (Wildman–Crippen MR) is 86.3 cm³/mol. The van der Waals surface area contributed by atoms with E-state index in [1.54, 1.807) is 15.7 Å². The van der Waals surface area contributed by atoms with E-state index in [2.05, 4.69) is 19.2 Å². The normalized spacial score (nSPS) is 28.2. The molecule has 2 aliphatic rings. The van der Waals surface area contributed by atoms with Crippen LogP contribution < -0.4 is 5.32 Å². The molecule has 1 aliphatic heterocycles. The van der Waals surface area contributed by atoms with E-state index in [-0.39, 0.29) is 0 Å². The molecule has 1 N–H and O–H groups in total. The first kappa shape index (κ1) is 17.2. The van der Waals surface area contributed by atoms with Gasteiger partial charge in [-0.1, -0.05) is 13.8 Å². The molecule has 2 unspecified atom stereocenters. The van der Waals surface area contributed by atoms with Crippen molar-refractivity contribution in [1.29, 1.82) is 0 Å². The third-order valence-electron chi connectivity index (χ3n) is 4.92. The molecule has 6 heteroatoms. The van der Waals surface area contributed by atoms with Crippen molar-refractivity contribution in [2.75, 3.05) is 39.8 Å². The molecular formula is C15H31N3O2S. The second-order valence-electron chi connectivity index (χ2n) is 6.81. The third kappa shape index (κ3) is 4.65. The minimum atomic E-state index is -3.24. The fraction of sp³-hybridized carbons (Fsp3) is 1.00. The molecule has 0 aromatic rings. The Morgan fingerprint density at radius 2 is 1.90 bits per heavy atom. The molecule has 1 heterocycles. The lowest BCUT2D eigenvalue weighted by Crippen LogP contribution is -2.47. The maximum atomic E-state index is 12.6. The van der Waals surface area contributed by atoms with Gasteiger partial charge in [-0.05, 0) is 56.5 Å². The Kier molecular flexibility index (Phi) is 6.05. The van der Waals surface area contributed by atoms with E-state index in [4.69, 9.17) is 0 Å². The molecule has 0 aromatic heterocycles. The van der Waals surface area contributed by atoms with E-state index in [1.165, 1.54) is 6.42 Å². The van der Waals surface area contributed by atoms with Crippen molar-refractivity contribution in [3.05, 3.63) is 0 Å². The van der Waals surface area contributed by atoms with Gasteiger partial charge >= 0.3 is 0 Å². The molecule has 2 fully saturated rings. The SMILES string of the molecule is CCCNCC1CCN(S(=O)(=O)N(C)CC2CC2C)CC1. The highest BCUT2D eigenvalue weighted by molar-refractivity contribution is 7.86. The predicted octanol–water partition coefficient (Wildman–Crippen LogP) is 1.53. The minimum absolute atomic E-state index is 0.570. The zero-order valence-electron chi connectivity index (χ0n) is 13.7. The van der Waals surface area contributed by atoms with Crippen LogP contribution in [0.1, 0.15) is 39.5 Å². The fourth-order valence-corrected chi connectivity index (χ4v) is 4.55. The van der Waals surface area contributed by atoms with Crippen molar-refractivity contribution in [3.63, 3.8) is 0 Å². The molecule has 0 spiro atoms. The molecule has 21 heavy (non-hydrogen) atoms. The van der Waals surface area contributed by atoms with Gasteiger partial charge in [-0.2, -0.15) is 17.0 Å². The first-order valence-corrected chi connectivity index (χ1v) is 9.77. The summed E-state index contributed by atoms with van der Waals surface area (Å²) < 4.78 is 28.4. The molecule has 124 valence electrons. The van der Waals surface area contributed by atoms with E-state index in [9.17, 15) is 8.42 Å². The number of hydrogen-bond acceptors (Lipinski definition) is 3. The van der Waals surface area contributed by atoms with Gasteiger partial charge in [0, 0.05) is 26.7 Å². The van der Waals surface area contributed by atoms with E-state index in [1.807, 2.05) is 0 Å². The van der Waals surface area contributed by atoms with Crippen LogP contribution in [-0.4, -0.2) is 56.8 Å². The smallest absolute Gasteiger partial charge is 0.281 e. The summed E-state index contributed by atoms with van der Waals surface area (Å²) in [5.41, 5.74) is 0. The van der Waals surface area contributed by atoms with Crippen LogP contribution in [0.25, 0.3) is 0 Å². The Balaban J connectivity index is 1.77. The van der Waals surface area contributed by atoms with Crippen LogP contribution in [0.5, 0.6) is 0 Å². The lowest BCUT2D eigenvalue weighted by atomic mass is 9.98. The number of nitrogens with zero attached hydrogens (tertiary/aromatic N) is 2. The van der Waals surface area contributed by atoms with Crippen LogP contribution in [0.3, 0.4) is 0 Å². The highest BCUT2D eigenvalue weighted by Crippen LogP contribution is 2.38. The molecule has 2 atom stereocenters. The Morgan fingerprint density at radius 3 is 2.43 bits per heavy atom. The average Bonchev–Trinajstić information content (AvgIpc) is 3.15. The molecule has 0 aromatic carbocycles. The fourth-order valence-electron chi connectivity index (χ4n) is 3.10. The number of hydrogen-bond donors (Lipinski definition) is 1. The van der Waals surface area contributed by atoms with Gasteiger partial charge in [-0.15, -0.1) is 0 Å². The Hall–Kier alpha value is -0.170. The van der Waals surface area contributed by atoms with E-state index in [0.29, 0.717) is 37.4 Å². The monoisotopic (exact) mass is 317 g/mol. The van der Waals surface area contributed by atoms with Crippen molar-refractivity contribution in [2.24, 2.45) is 17.8 Å². The Morgan fingerprint density at radius 1 is 1.29 bits per heavy atom. The topological polar surface area (TPSA) is 52.7 Å². The van der Waals surface area contributed by atoms with Gasteiger partial charge in [0.2, 0.25) is 0 Å². The summed E-state index contributed by atoms with van der Waals surface area (Å²) in [7, 11) is -1.51. The molecule has 0 radical (unpaired) electrons. The molecule has 1 aliphatic carbocycles. The summed E-state index contributed by atoms with van der Waals surface area (Å²) in [6.07, 6.45) is 4.27. The van der Waals surface area contributed by atoms with Crippen LogP contribution in [0.4, 0.5) is 0 Å². The molecule has 1 saturated heterocycles. The maximum absolute atomic E-state index is 12.6. The molecule has 2 rings (SSSR count). The van der Waals surface area contributed by atoms with Gasteiger partial charge in [0.05, 0.1) is 0 Å². The molecule has 5 nitrogen and oxygen atoms in total. The summed E-state index contributed by atoms with van der Waals surface area (Å²) in [5, 5.41) is 3.44. The van der Waals surface area contributed by atoms with Gasteiger partial charge < -0.3 is 5.32 Å². The minimum Gasteiger partial charge on any atom is -0.316 e. The molecule has 0 amide bonds.